The third-order valence-electron chi connectivity index (χ3n) is 2.08. The molecule has 0 bridgehead atoms. The van der Waals surface area contributed by atoms with E-state index in [4.69, 9.17) is 0 Å². The van der Waals surface area contributed by atoms with E-state index in [1.165, 1.54) is 12.8 Å². The third kappa shape index (κ3) is 1.86. The van der Waals surface area contributed by atoms with E-state index >= 15 is 0 Å². The fraction of sp³-hybridized carbons (Fsp3) is 1.00. The number of alkyl halides is 1. The molecule has 1 aliphatic heterocycles. The van der Waals surface area contributed by atoms with Crippen molar-refractivity contribution in [3.05, 3.63) is 0 Å². The molecule has 1 atom stereocenters. The highest BCUT2D eigenvalue weighted by Gasteiger charge is 2.28. The van der Waals surface area contributed by atoms with Crippen LogP contribution in [0.1, 0.15) is 12.8 Å². The first-order chi connectivity index (χ1) is 4.75. The number of hydrogen-bond donors (Lipinski definition) is 1. The number of nitrogens with zero attached hydrogens (tertiary/aromatic N) is 1. The van der Waals surface area contributed by atoms with E-state index in [0.29, 0.717) is 6.04 Å². The molecule has 0 aromatic carbocycles. The average Bonchev–Trinajstić information content (AvgIpc) is 2.33. The van der Waals surface area contributed by atoms with Crippen LogP contribution in [-0.2, 0) is 0 Å². The predicted molar refractivity (Wildman–Crippen MR) is 52.5 cm³/mol. The molecule has 0 unspecified atom stereocenters. The molecular weight excluding hydrogens is 240 g/mol. The molecule has 0 spiro atoms. The smallest absolute Gasteiger partial charge is 0.376 e. The Labute approximate surface area is 76.3 Å². The molecule has 1 heterocycles. The van der Waals surface area contributed by atoms with E-state index in [9.17, 15) is 5.02 Å². The molecule has 0 radical (unpaired) electrons. The summed E-state index contributed by atoms with van der Waals surface area (Å²) in [6.07, 6.45) is 2.51. The Hall–Kier alpha value is 0.715. The highest BCUT2D eigenvalue weighted by molar-refractivity contribution is 14.1. The van der Waals surface area contributed by atoms with Crippen LogP contribution in [0.5, 0.6) is 0 Å². The summed E-state index contributed by atoms with van der Waals surface area (Å²) in [5.74, 6) is 0. The van der Waals surface area contributed by atoms with Gasteiger partial charge in [-0.2, -0.15) is 0 Å². The second kappa shape index (κ2) is 3.92. The van der Waals surface area contributed by atoms with Gasteiger partial charge in [0.25, 0.3) is 0 Å². The molecule has 1 aliphatic rings. The number of halogens is 1. The second-order valence-electron chi connectivity index (χ2n) is 2.82. The van der Waals surface area contributed by atoms with Gasteiger partial charge in [0.2, 0.25) is 0 Å². The lowest BCUT2D eigenvalue weighted by atomic mass is 9.84. The van der Waals surface area contributed by atoms with Crippen LogP contribution in [0.2, 0.25) is 6.82 Å². The fourth-order valence-corrected chi connectivity index (χ4v) is 2.46. The van der Waals surface area contributed by atoms with Crippen molar-refractivity contribution in [1.82, 2.24) is 4.81 Å². The summed E-state index contributed by atoms with van der Waals surface area (Å²) >= 11 is 2.39. The highest BCUT2D eigenvalue weighted by atomic mass is 127. The first kappa shape index (κ1) is 8.81. The topological polar surface area (TPSA) is 23.5 Å². The lowest BCUT2D eigenvalue weighted by Gasteiger charge is -2.22. The van der Waals surface area contributed by atoms with Gasteiger partial charge in [-0.15, -0.1) is 0 Å². The zero-order valence-corrected chi connectivity index (χ0v) is 8.41. The molecule has 4 heteroatoms. The van der Waals surface area contributed by atoms with Crippen LogP contribution >= 0.6 is 22.6 Å². The molecule has 1 N–H and O–H groups in total. The second-order valence-corrected chi connectivity index (χ2v) is 3.70. The van der Waals surface area contributed by atoms with Crippen LogP contribution in [0.3, 0.4) is 0 Å². The van der Waals surface area contributed by atoms with Gasteiger partial charge < -0.3 is 9.83 Å². The largest absolute Gasteiger partial charge is 0.437 e. The van der Waals surface area contributed by atoms with Crippen LogP contribution in [0.15, 0.2) is 0 Å². The Morgan fingerprint density at radius 2 is 2.50 bits per heavy atom. The quantitative estimate of drug-likeness (QED) is 0.450. The Balaban J connectivity index is 2.42. The molecule has 1 saturated heterocycles. The lowest BCUT2D eigenvalue weighted by Crippen LogP contribution is -2.41. The van der Waals surface area contributed by atoms with Crippen LogP contribution < -0.4 is 0 Å². The van der Waals surface area contributed by atoms with Gasteiger partial charge in [0.15, 0.2) is 0 Å². The van der Waals surface area contributed by atoms with E-state index in [0.717, 1.165) is 11.0 Å². The van der Waals surface area contributed by atoms with Crippen molar-refractivity contribution in [3.63, 3.8) is 0 Å². The van der Waals surface area contributed by atoms with E-state index < -0.39 is 0 Å². The summed E-state index contributed by atoms with van der Waals surface area (Å²) in [5.41, 5.74) is 0. The maximum absolute atomic E-state index is 9.28. The number of rotatable bonds is 2. The van der Waals surface area contributed by atoms with Crippen molar-refractivity contribution in [2.24, 2.45) is 0 Å². The Bertz CT molecular complexity index is 112. The molecule has 1 fully saturated rings. The van der Waals surface area contributed by atoms with Gasteiger partial charge >= 0.3 is 7.05 Å². The fourth-order valence-electron chi connectivity index (χ4n) is 1.52. The zero-order chi connectivity index (χ0) is 7.56. The van der Waals surface area contributed by atoms with Crippen LogP contribution in [0.25, 0.3) is 0 Å². The standard InChI is InChI=1S/C6H13BINO/c1-7(10)9-4-2-3-6(9)5-8/h6,10H,2-5H2,1H3/t6-/m0/s1. The first-order valence-electron chi connectivity index (χ1n) is 3.75. The summed E-state index contributed by atoms with van der Waals surface area (Å²) in [6, 6.07) is 0.626. The van der Waals surface area contributed by atoms with Gasteiger partial charge in [-0.05, 0) is 26.2 Å². The van der Waals surface area contributed by atoms with Crippen LogP contribution in [0, 0.1) is 0 Å². The summed E-state index contributed by atoms with van der Waals surface area (Å²) in [5, 5.41) is 9.28. The molecular formula is C6H13BINO. The molecule has 58 valence electrons. The van der Waals surface area contributed by atoms with Crippen molar-refractivity contribution in [2.75, 3.05) is 11.0 Å². The highest BCUT2D eigenvalue weighted by Crippen LogP contribution is 2.19. The van der Waals surface area contributed by atoms with Gasteiger partial charge in [-0.3, -0.25) is 0 Å². The molecule has 0 aromatic heterocycles. The number of hydrogen-bond acceptors (Lipinski definition) is 2. The summed E-state index contributed by atoms with van der Waals surface area (Å²) in [6.45, 7) is 2.93. The van der Waals surface area contributed by atoms with Gasteiger partial charge in [0, 0.05) is 10.5 Å². The monoisotopic (exact) mass is 253 g/mol. The molecule has 10 heavy (non-hydrogen) atoms. The maximum Gasteiger partial charge on any atom is 0.376 e. The summed E-state index contributed by atoms with van der Waals surface area (Å²) in [4.78, 5) is 2.17. The Kier molecular flexibility index (Phi) is 3.46. The SMILES string of the molecule is CB(O)N1CCC[C@H]1CI. The maximum atomic E-state index is 9.28. The first-order valence-corrected chi connectivity index (χ1v) is 5.28. The third-order valence-corrected chi connectivity index (χ3v) is 3.10. The summed E-state index contributed by atoms with van der Waals surface area (Å²) in [7, 11) is -0.248. The van der Waals surface area contributed by atoms with Crippen LogP contribution in [0.4, 0.5) is 0 Å². The van der Waals surface area contributed by atoms with E-state index in [1.54, 1.807) is 0 Å². The van der Waals surface area contributed by atoms with Gasteiger partial charge in [-0.25, -0.2) is 0 Å². The Morgan fingerprint density at radius 1 is 1.80 bits per heavy atom. The molecule has 0 aromatic rings. The molecule has 0 aliphatic carbocycles. The lowest BCUT2D eigenvalue weighted by molar-refractivity contribution is 0.368. The van der Waals surface area contributed by atoms with E-state index in [2.05, 4.69) is 27.4 Å². The van der Waals surface area contributed by atoms with Gasteiger partial charge in [-0.1, -0.05) is 22.6 Å². The van der Waals surface area contributed by atoms with Crippen molar-refractivity contribution in [1.29, 1.82) is 0 Å². The van der Waals surface area contributed by atoms with E-state index in [1.807, 2.05) is 6.82 Å². The Morgan fingerprint density at radius 3 is 2.90 bits per heavy atom. The predicted octanol–water partition coefficient (Wildman–Crippen LogP) is 0.996. The zero-order valence-electron chi connectivity index (χ0n) is 6.26. The molecule has 1 rings (SSSR count). The summed E-state index contributed by atoms with van der Waals surface area (Å²) < 4.78 is 1.14. The molecule has 0 amide bonds. The van der Waals surface area contributed by atoms with Crippen molar-refractivity contribution >= 4 is 29.6 Å². The van der Waals surface area contributed by atoms with Crippen LogP contribution in [-0.4, -0.2) is 33.9 Å². The average molecular weight is 253 g/mol. The minimum absolute atomic E-state index is 0.248. The minimum atomic E-state index is -0.248. The van der Waals surface area contributed by atoms with Crippen molar-refractivity contribution < 1.29 is 5.02 Å². The molecule has 0 saturated carbocycles. The normalized spacial score (nSPS) is 27.3. The van der Waals surface area contributed by atoms with Crippen molar-refractivity contribution in [3.8, 4) is 0 Å². The van der Waals surface area contributed by atoms with Gasteiger partial charge in [0.05, 0.1) is 0 Å². The molecule has 2 nitrogen and oxygen atoms in total. The van der Waals surface area contributed by atoms with E-state index in [-0.39, 0.29) is 7.05 Å². The van der Waals surface area contributed by atoms with Crippen molar-refractivity contribution in [2.45, 2.75) is 25.7 Å². The van der Waals surface area contributed by atoms with Gasteiger partial charge in [0.1, 0.15) is 0 Å². The minimum Gasteiger partial charge on any atom is -0.437 e.